The molecule has 3 nitrogen and oxygen atoms in total. The largest absolute Gasteiger partial charge is 0.330 e. The monoisotopic (exact) mass is 260 g/mol. The first-order valence-corrected chi connectivity index (χ1v) is 5.80. The number of nitrogens with two attached hydrogens (primary N) is 1. The third-order valence-electron chi connectivity index (χ3n) is 2.36. The zero-order chi connectivity index (χ0) is 12.1. The number of hydrogen-bond donors (Lipinski definition) is 2. The molecule has 0 aromatic heterocycles. The van der Waals surface area contributed by atoms with Crippen molar-refractivity contribution >= 4 is 34.8 Å². The molecule has 5 heteroatoms. The van der Waals surface area contributed by atoms with E-state index in [4.69, 9.17) is 28.9 Å². The highest BCUT2D eigenvalue weighted by atomic mass is 35.5. The molecule has 0 aliphatic heterocycles. The molecule has 1 atom stereocenters. The lowest BCUT2D eigenvalue weighted by atomic mass is 10.1. The van der Waals surface area contributed by atoms with Gasteiger partial charge in [-0.3, -0.25) is 4.79 Å². The van der Waals surface area contributed by atoms with Crippen molar-refractivity contribution in [2.24, 2.45) is 11.7 Å². The molecule has 3 N–H and O–H groups in total. The topological polar surface area (TPSA) is 55.1 Å². The Morgan fingerprint density at radius 2 is 2.19 bits per heavy atom. The minimum atomic E-state index is -0.199. The van der Waals surface area contributed by atoms with Gasteiger partial charge in [-0.2, -0.15) is 0 Å². The van der Waals surface area contributed by atoms with Crippen LogP contribution < -0.4 is 11.1 Å². The summed E-state index contributed by atoms with van der Waals surface area (Å²) in [6.07, 6.45) is 0.695. The van der Waals surface area contributed by atoms with Gasteiger partial charge < -0.3 is 11.1 Å². The first kappa shape index (κ1) is 13.3. The van der Waals surface area contributed by atoms with E-state index in [-0.39, 0.29) is 11.8 Å². The lowest BCUT2D eigenvalue weighted by molar-refractivity contribution is -0.119. The van der Waals surface area contributed by atoms with E-state index < -0.39 is 0 Å². The zero-order valence-electron chi connectivity index (χ0n) is 8.97. The highest BCUT2D eigenvalue weighted by molar-refractivity contribution is 6.43. The maximum atomic E-state index is 11.7. The second-order valence-corrected chi connectivity index (χ2v) is 4.22. The summed E-state index contributed by atoms with van der Waals surface area (Å²) in [5, 5.41) is 3.49. The van der Waals surface area contributed by atoms with E-state index in [1.807, 2.05) is 6.92 Å². The van der Waals surface area contributed by atoms with Gasteiger partial charge in [0.2, 0.25) is 5.91 Å². The Hall–Kier alpha value is -0.770. The van der Waals surface area contributed by atoms with Gasteiger partial charge in [0.05, 0.1) is 21.7 Å². The molecule has 1 unspecified atom stereocenters. The lowest BCUT2D eigenvalue weighted by Crippen LogP contribution is -2.28. The van der Waals surface area contributed by atoms with Crippen LogP contribution in [0.3, 0.4) is 0 Å². The number of hydrogen-bond acceptors (Lipinski definition) is 2. The Morgan fingerprint density at radius 1 is 1.50 bits per heavy atom. The van der Waals surface area contributed by atoms with Gasteiger partial charge in [0.25, 0.3) is 0 Å². The summed E-state index contributed by atoms with van der Waals surface area (Å²) in [5.74, 6) is -0.329. The molecule has 0 fully saturated rings. The molecule has 1 rings (SSSR count). The Morgan fingerprint density at radius 3 is 2.75 bits per heavy atom. The van der Waals surface area contributed by atoms with Gasteiger partial charge in [0.1, 0.15) is 0 Å². The zero-order valence-corrected chi connectivity index (χ0v) is 10.5. The standard InChI is InChI=1S/C11H14Cl2N2O/c1-2-7(6-14)11(16)15-9-5-3-4-8(12)10(9)13/h3-5,7H,2,6,14H2,1H3,(H,15,16). The summed E-state index contributed by atoms with van der Waals surface area (Å²) in [5.41, 5.74) is 6.01. The van der Waals surface area contributed by atoms with Crippen molar-refractivity contribution in [1.82, 2.24) is 0 Å². The van der Waals surface area contributed by atoms with Gasteiger partial charge in [0, 0.05) is 6.54 Å². The highest BCUT2D eigenvalue weighted by Crippen LogP contribution is 2.29. The molecule has 0 radical (unpaired) electrons. The summed E-state index contributed by atoms with van der Waals surface area (Å²) >= 11 is 11.8. The van der Waals surface area contributed by atoms with Gasteiger partial charge >= 0.3 is 0 Å². The number of carbonyl (C=O) groups excluding carboxylic acids is 1. The highest BCUT2D eigenvalue weighted by Gasteiger charge is 2.16. The number of nitrogens with one attached hydrogen (secondary N) is 1. The molecule has 16 heavy (non-hydrogen) atoms. The van der Waals surface area contributed by atoms with E-state index in [9.17, 15) is 4.79 Å². The third-order valence-corrected chi connectivity index (χ3v) is 3.18. The molecule has 0 saturated heterocycles. The molecule has 1 aromatic carbocycles. The van der Waals surface area contributed by atoms with Crippen LogP contribution in [0.4, 0.5) is 5.69 Å². The molecule has 88 valence electrons. The maximum absolute atomic E-state index is 11.7. The predicted octanol–water partition coefficient (Wildman–Crippen LogP) is 2.92. The molecule has 1 aromatic rings. The normalized spacial score (nSPS) is 12.2. The average molecular weight is 261 g/mol. The van der Waals surface area contributed by atoms with Gasteiger partial charge in [-0.15, -0.1) is 0 Å². The molecule has 0 aliphatic rings. The number of benzene rings is 1. The van der Waals surface area contributed by atoms with Gasteiger partial charge in [-0.25, -0.2) is 0 Å². The van der Waals surface area contributed by atoms with Crippen molar-refractivity contribution in [2.75, 3.05) is 11.9 Å². The fourth-order valence-corrected chi connectivity index (χ4v) is 1.64. The van der Waals surface area contributed by atoms with Crippen LogP contribution in [0.2, 0.25) is 10.0 Å². The van der Waals surface area contributed by atoms with Crippen molar-refractivity contribution < 1.29 is 4.79 Å². The van der Waals surface area contributed by atoms with E-state index >= 15 is 0 Å². The van der Waals surface area contributed by atoms with Crippen molar-refractivity contribution in [1.29, 1.82) is 0 Å². The van der Waals surface area contributed by atoms with Crippen LogP contribution >= 0.6 is 23.2 Å². The van der Waals surface area contributed by atoms with Crippen molar-refractivity contribution in [3.05, 3.63) is 28.2 Å². The third kappa shape index (κ3) is 3.11. The molecule has 0 aliphatic carbocycles. The Bertz CT molecular complexity index is 378. The van der Waals surface area contributed by atoms with Crippen molar-refractivity contribution in [2.45, 2.75) is 13.3 Å². The maximum Gasteiger partial charge on any atom is 0.228 e. The number of halogens is 2. The molecule has 1 amide bonds. The molecule has 0 saturated carbocycles. The number of carbonyl (C=O) groups is 1. The summed E-state index contributed by atoms with van der Waals surface area (Å²) < 4.78 is 0. The Kier molecular flexibility index (Phi) is 5.06. The summed E-state index contributed by atoms with van der Waals surface area (Å²) in [6.45, 7) is 2.23. The van der Waals surface area contributed by atoms with Crippen molar-refractivity contribution in [3.63, 3.8) is 0 Å². The van der Waals surface area contributed by atoms with E-state index in [1.165, 1.54) is 0 Å². The van der Waals surface area contributed by atoms with Crippen LogP contribution in [0, 0.1) is 5.92 Å². The van der Waals surface area contributed by atoms with Crippen LogP contribution in [0.25, 0.3) is 0 Å². The number of amides is 1. The second kappa shape index (κ2) is 6.09. The lowest BCUT2D eigenvalue weighted by Gasteiger charge is -2.13. The van der Waals surface area contributed by atoms with Crippen LogP contribution in [-0.2, 0) is 4.79 Å². The van der Waals surface area contributed by atoms with Crippen molar-refractivity contribution in [3.8, 4) is 0 Å². The van der Waals surface area contributed by atoms with Gasteiger partial charge in [-0.05, 0) is 18.6 Å². The first-order chi connectivity index (χ1) is 7.60. The van der Waals surface area contributed by atoms with E-state index in [1.54, 1.807) is 18.2 Å². The minimum absolute atomic E-state index is 0.130. The minimum Gasteiger partial charge on any atom is -0.330 e. The Balaban J connectivity index is 2.80. The fraction of sp³-hybridized carbons (Fsp3) is 0.364. The van der Waals surface area contributed by atoms with E-state index in [0.717, 1.165) is 0 Å². The van der Waals surface area contributed by atoms with Gasteiger partial charge in [-0.1, -0.05) is 36.2 Å². The summed E-state index contributed by atoms with van der Waals surface area (Å²) in [6, 6.07) is 5.10. The SMILES string of the molecule is CCC(CN)C(=O)Nc1cccc(Cl)c1Cl. The summed E-state index contributed by atoms with van der Waals surface area (Å²) in [7, 11) is 0. The molecule has 0 spiro atoms. The first-order valence-electron chi connectivity index (χ1n) is 5.05. The van der Waals surface area contributed by atoms with E-state index in [2.05, 4.69) is 5.32 Å². The number of rotatable bonds is 4. The molecule has 0 bridgehead atoms. The number of anilines is 1. The van der Waals surface area contributed by atoms with Crippen LogP contribution in [-0.4, -0.2) is 12.5 Å². The molecular weight excluding hydrogens is 247 g/mol. The second-order valence-electron chi connectivity index (χ2n) is 3.43. The Labute approximate surface area is 105 Å². The van der Waals surface area contributed by atoms with Gasteiger partial charge in [0.15, 0.2) is 0 Å². The predicted molar refractivity (Wildman–Crippen MR) is 67.9 cm³/mol. The molecular formula is C11H14Cl2N2O. The quantitative estimate of drug-likeness (QED) is 0.875. The fourth-order valence-electron chi connectivity index (χ4n) is 1.29. The average Bonchev–Trinajstić information content (AvgIpc) is 2.26. The van der Waals surface area contributed by atoms with Crippen LogP contribution in [0.1, 0.15) is 13.3 Å². The van der Waals surface area contributed by atoms with Crippen LogP contribution in [0.5, 0.6) is 0 Å². The molecule has 0 heterocycles. The van der Waals surface area contributed by atoms with Crippen LogP contribution in [0.15, 0.2) is 18.2 Å². The summed E-state index contributed by atoms with van der Waals surface area (Å²) in [4.78, 5) is 11.7. The smallest absolute Gasteiger partial charge is 0.228 e. The van der Waals surface area contributed by atoms with E-state index in [0.29, 0.717) is 28.7 Å².